The van der Waals surface area contributed by atoms with E-state index in [4.69, 9.17) is 4.74 Å². The van der Waals surface area contributed by atoms with Gasteiger partial charge >= 0.3 is 11.9 Å². The molecule has 0 atom stereocenters. The standard InChI is InChI=1S/2C6H10O2/c7-6-4-2-1-3-5-8-6;1-4-8-6(7)5(2)3/h1-5H2;2,4H2,1,3H3. The lowest BCUT2D eigenvalue weighted by Crippen LogP contribution is -2.03. The molecular formula is C12H20O4. The monoisotopic (exact) mass is 228 g/mol. The van der Waals surface area contributed by atoms with Gasteiger partial charge in [0.05, 0.1) is 13.2 Å². The summed E-state index contributed by atoms with van der Waals surface area (Å²) >= 11 is 0. The zero-order valence-electron chi connectivity index (χ0n) is 10.1. The summed E-state index contributed by atoms with van der Waals surface area (Å²) in [6.07, 6.45) is 3.83. The normalized spacial score (nSPS) is 15.0. The van der Waals surface area contributed by atoms with Crippen molar-refractivity contribution in [2.75, 3.05) is 13.2 Å². The van der Waals surface area contributed by atoms with Crippen LogP contribution in [0, 0.1) is 0 Å². The molecule has 0 saturated carbocycles. The molecule has 0 radical (unpaired) electrons. The fourth-order valence-electron chi connectivity index (χ4n) is 1.06. The summed E-state index contributed by atoms with van der Waals surface area (Å²) in [5.41, 5.74) is 0.451. The molecule has 4 nitrogen and oxygen atoms in total. The van der Waals surface area contributed by atoms with Crippen molar-refractivity contribution in [2.45, 2.75) is 39.5 Å². The number of rotatable bonds is 2. The Labute approximate surface area is 96.6 Å². The summed E-state index contributed by atoms with van der Waals surface area (Å²) in [5.74, 6) is -0.338. The van der Waals surface area contributed by atoms with Crippen LogP contribution in [0.2, 0.25) is 0 Å². The Bertz CT molecular complexity index is 235. The third kappa shape index (κ3) is 8.03. The topological polar surface area (TPSA) is 52.6 Å². The third-order valence-electron chi connectivity index (χ3n) is 1.91. The number of cyclic esters (lactones) is 1. The first-order chi connectivity index (χ1) is 7.57. The van der Waals surface area contributed by atoms with Crippen molar-refractivity contribution in [1.82, 2.24) is 0 Å². The van der Waals surface area contributed by atoms with Gasteiger partial charge in [0.2, 0.25) is 0 Å². The van der Waals surface area contributed by atoms with E-state index >= 15 is 0 Å². The zero-order valence-corrected chi connectivity index (χ0v) is 10.1. The van der Waals surface area contributed by atoms with Crippen molar-refractivity contribution in [2.24, 2.45) is 0 Å². The van der Waals surface area contributed by atoms with Crippen LogP contribution in [0.1, 0.15) is 39.5 Å². The Morgan fingerprint density at radius 3 is 2.62 bits per heavy atom. The maximum absolute atomic E-state index is 10.5. The second kappa shape index (κ2) is 8.95. The lowest BCUT2D eigenvalue weighted by Gasteiger charge is -1.96. The highest BCUT2D eigenvalue weighted by atomic mass is 16.5. The van der Waals surface area contributed by atoms with Gasteiger partial charge in [-0.15, -0.1) is 0 Å². The van der Waals surface area contributed by atoms with Crippen LogP contribution in [0.4, 0.5) is 0 Å². The molecule has 16 heavy (non-hydrogen) atoms. The van der Waals surface area contributed by atoms with Gasteiger partial charge in [-0.25, -0.2) is 4.79 Å². The second-order valence-corrected chi connectivity index (χ2v) is 3.53. The number of hydrogen-bond donors (Lipinski definition) is 0. The lowest BCUT2D eigenvalue weighted by atomic mass is 10.2. The number of carbonyl (C=O) groups excluding carboxylic acids is 2. The van der Waals surface area contributed by atoms with Crippen LogP contribution in [-0.4, -0.2) is 25.2 Å². The molecule has 0 bridgehead atoms. The van der Waals surface area contributed by atoms with Gasteiger partial charge in [0.1, 0.15) is 0 Å². The van der Waals surface area contributed by atoms with E-state index in [-0.39, 0.29) is 11.9 Å². The van der Waals surface area contributed by atoms with E-state index in [1.54, 1.807) is 13.8 Å². The van der Waals surface area contributed by atoms with Crippen molar-refractivity contribution in [3.05, 3.63) is 12.2 Å². The molecular weight excluding hydrogens is 208 g/mol. The maximum Gasteiger partial charge on any atom is 0.333 e. The molecule has 1 saturated heterocycles. The minimum Gasteiger partial charge on any atom is -0.466 e. The summed E-state index contributed by atoms with van der Waals surface area (Å²) in [5, 5.41) is 0. The summed E-state index contributed by atoms with van der Waals surface area (Å²) in [7, 11) is 0. The van der Waals surface area contributed by atoms with Gasteiger partial charge in [-0.2, -0.15) is 0 Å². The molecule has 1 heterocycles. The van der Waals surface area contributed by atoms with Crippen molar-refractivity contribution in [3.63, 3.8) is 0 Å². The van der Waals surface area contributed by atoms with Crippen LogP contribution < -0.4 is 0 Å². The predicted molar refractivity (Wildman–Crippen MR) is 60.9 cm³/mol. The fourth-order valence-corrected chi connectivity index (χ4v) is 1.06. The molecule has 4 heteroatoms. The van der Waals surface area contributed by atoms with Gasteiger partial charge in [-0.05, 0) is 33.1 Å². The van der Waals surface area contributed by atoms with Crippen molar-refractivity contribution in [3.8, 4) is 0 Å². The molecule has 0 N–H and O–H groups in total. The van der Waals surface area contributed by atoms with Gasteiger partial charge < -0.3 is 9.47 Å². The van der Waals surface area contributed by atoms with Crippen molar-refractivity contribution < 1.29 is 19.1 Å². The van der Waals surface area contributed by atoms with E-state index in [1.165, 1.54) is 0 Å². The molecule has 1 aliphatic rings. The first-order valence-electron chi connectivity index (χ1n) is 5.56. The Morgan fingerprint density at radius 2 is 2.12 bits per heavy atom. The minimum atomic E-state index is -0.312. The van der Waals surface area contributed by atoms with Crippen LogP contribution >= 0.6 is 0 Å². The average Bonchev–Trinajstić information content (AvgIpc) is 2.47. The SMILES string of the molecule is C=C(C)C(=O)OCC.O=C1CCCCCO1. The van der Waals surface area contributed by atoms with E-state index in [2.05, 4.69) is 11.3 Å². The van der Waals surface area contributed by atoms with Gasteiger partial charge in [0, 0.05) is 12.0 Å². The first kappa shape index (κ1) is 14.7. The van der Waals surface area contributed by atoms with Crippen LogP contribution in [-0.2, 0) is 19.1 Å². The van der Waals surface area contributed by atoms with Gasteiger partial charge in [-0.3, -0.25) is 4.79 Å². The molecule has 0 spiro atoms. The largest absolute Gasteiger partial charge is 0.466 e. The zero-order chi connectivity index (χ0) is 12.4. The highest BCUT2D eigenvalue weighted by molar-refractivity contribution is 5.86. The summed E-state index contributed by atoms with van der Waals surface area (Å²) in [6, 6.07) is 0. The average molecular weight is 228 g/mol. The number of carbonyl (C=O) groups is 2. The van der Waals surface area contributed by atoms with Gasteiger partial charge in [0.15, 0.2) is 0 Å². The Morgan fingerprint density at radius 1 is 1.44 bits per heavy atom. The van der Waals surface area contributed by atoms with E-state index in [9.17, 15) is 9.59 Å². The third-order valence-corrected chi connectivity index (χ3v) is 1.91. The number of ether oxygens (including phenoxy) is 2. The summed E-state index contributed by atoms with van der Waals surface area (Å²) in [6.45, 7) is 7.85. The minimum absolute atomic E-state index is 0.0255. The van der Waals surface area contributed by atoms with Crippen molar-refractivity contribution >= 4 is 11.9 Å². The number of hydrogen-bond acceptors (Lipinski definition) is 4. The predicted octanol–water partition coefficient (Wildman–Crippen LogP) is 2.23. The molecule has 0 aromatic heterocycles. The van der Waals surface area contributed by atoms with Crippen LogP contribution in [0.5, 0.6) is 0 Å². The van der Waals surface area contributed by atoms with Crippen LogP contribution in [0.25, 0.3) is 0 Å². The van der Waals surface area contributed by atoms with Crippen LogP contribution in [0.15, 0.2) is 12.2 Å². The molecule has 0 aliphatic carbocycles. The Balaban J connectivity index is 0.000000281. The fraction of sp³-hybridized carbons (Fsp3) is 0.667. The highest BCUT2D eigenvalue weighted by Crippen LogP contribution is 2.06. The Kier molecular flexibility index (Phi) is 8.21. The highest BCUT2D eigenvalue weighted by Gasteiger charge is 2.05. The molecule has 0 amide bonds. The number of esters is 2. The second-order valence-electron chi connectivity index (χ2n) is 3.53. The van der Waals surface area contributed by atoms with Crippen LogP contribution in [0.3, 0.4) is 0 Å². The molecule has 0 aromatic rings. The quantitative estimate of drug-likeness (QED) is 0.537. The molecule has 0 unspecified atom stereocenters. The molecule has 1 fully saturated rings. The smallest absolute Gasteiger partial charge is 0.333 e. The molecule has 1 rings (SSSR count). The summed E-state index contributed by atoms with van der Waals surface area (Å²) in [4.78, 5) is 20.9. The molecule has 92 valence electrons. The van der Waals surface area contributed by atoms with E-state index in [0.717, 1.165) is 19.3 Å². The Hall–Kier alpha value is -1.32. The molecule has 0 aromatic carbocycles. The molecule has 1 aliphatic heterocycles. The van der Waals surface area contributed by atoms with Crippen molar-refractivity contribution in [1.29, 1.82) is 0 Å². The van der Waals surface area contributed by atoms with Gasteiger partial charge in [-0.1, -0.05) is 6.58 Å². The maximum atomic E-state index is 10.5. The first-order valence-corrected chi connectivity index (χ1v) is 5.56. The van der Waals surface area contributed by atoms with E-state index < -0.39 is 0 Å². The van der Waals surface area contributed by atoms with E-state index in [1.807, 2.05) is 0 Å². The van der Waals surface area contributed by atoms with Gasteiger partial charge in [0.25, 0.3) is 0 Å². The lowest BCUT2D eigenvalue weighted by molar-refractivity contribution is -0.142. The summed E-state index contributed by atoms with van der Waals surface area (Å²) < 4.78 is 9.33. The van der Waals surface area contributed by atoms with E-state index in [0.29, 0.717) is 25.2 Å².